The van der Waals surface area contributed by atoms with E-state index in [2.05, 4.69) is 37.4 Å². The summed E-state index contributed by atoms with van der Waals surface area (Å²) >= 11 is 0. The van der Waals surface area contributed by atoms with Crippen LogP contribution in [0.25, 0.3) is 11.1 Å². The van der Waals surface area contributed by atoms with Gasteiger partial charge in [0.05, 0.1) is 13.2 Å². The molecule has 2 aromatic carbocycles. The predicted molar refractivity (Wildman–Crippen MR) is 108 cm³/mol. The minimum absolute atomic E-state index is 0.0729. The van der Waals surface area contributed by atoms with E-state index in [1.54, 1.807) is 0 Å². The van der Waals surface area contributed by atoms with Gasteiger partial charge in [-0.2, -0.15) is 0 Å². The molecule has 2 heterocycles. The van der Waals surface area contributed by atoms with Gasteiger partial charge in [0.2, 0.25) is 0 Å². The molecule has 0 N–H and O–H groups in total. The van der Waals surface area contributed by atoms with Crippen molar-refractivity contribution >= 4 is 11.1 Å². The molecule has 4 atom stereocenters. The summed E-state index contributed by atoms with van der Waals surface area (Å²) in [6, 6.07) is 16.6. The van der Waals surface area contributed by atoms with E-state index < -0.39 is 0 Å². The van der Waals surface area contributed by atoms with Gasteiger partial charge in [0.15, 0.2) is 0 Å². The van der Waals surface area contributed by atoms with Crippen LogP contribution in [-0.2, 0) is 14.2 Å². The van der Waals surface area contributed by atoms with Crippen LogP contribution in [0.15, 0.2) is 61.7 Å². The Morgan fingerprint density at radius 3 is 1.52 bits per heavy atom. The van der Waals surface area contributed by atoms with Gasteiger partial charge in [0, 0.05) is 0 Å². The molecule has 27 heavy (non-hydrogen) atoms. The summed E-state index contributed by atoms with van der Waals surface area (Å²) in [6.45, 7) is 13.8. The summed E-state index contributed by atoms with van der Waals surface area (Å²) in [4.78, 5) is 0. The lowest BCUT2D eigenvalue weighted by Gasteiger charge is -2.27. The molecule has 0 bridgehead atoms. The number of benzene rings is 2. The van der Waals surface area contributed by atoms with Gasteiger partial charge in [-0.15, -0.1) is 0 Å². The number of rotatable bonds is 8. The molecular weight excluding hydrogens is 336 g/mol. The number of hydrogen-bond donors (Lipinski definition) is 0. The fourth-order valence-corrected chi connectivity index (χ4v) is 3.61. The fourth-order valence-electron chi connectivity index (χ4n) is 3.61. The number of ether oxygens (including phenoxy) is 3. The van der Waals surface area contributed by atoms with E-state index in [0.717, 1.165) is 46.6 Å². The molecule has 2 aliphatic heterocycles. The Hall–Kier alpha value is -2.20. The van der Waals surface area contributed by atoms with Gasteiger partial charge in [-0.05, 0) is 36.1 Å². The first-order valence-electron chi connectivity index (χ1n) is 9.44. The Labute approximate surface area is 161 Å². The van der Waals surface area contributed by atoms with E-state index in [-0.39, 0.29) is 24.4 Å². The topological polar surface area (TPSA) is 34.3 Å². The molecule has 2 fully saturated rings. The SMILES string of the molecule is C=C(C)c1ccccc1C(OC(c1ccccc1C(=C)C)C1CO1)C1CO1. The van der Waals surface area contributed by atoms with Crippen molar-refractivity contribution in [3.05, 3.63) is 83.9 Å². The third-order valence-electron chi connectivity index (χ3n) is 5.14. The molecule has 0 radical (unpaired) electrons. The van der Waals surface area contributed by atoms with Crippen LogP contribution in [-0.4, -0.2) is 25.4 Å². The van der Waals surface area contributed by atoms with Crippen molar-refractivity contribution in [3.8, 4) is 0 Å². The molecule has 3 nitrogen and oxygen atoms in total. The summed E-state index contributed by atoms with van der Waals surface area (Å²) < 4.78 is 18.0. The van der Waals surface area contributed by atoms with E-state index in [1.165, 1.54) is 0 Å². The summed E-state index contributed by atoms with van der Waals surface area (Å²) in [5.41, 5.74) is 6.57. The molecule has 0 aromatic heterocycles. The Morgan fingerprint density at radius 2 is 1.19 bits per heavy atom. The van der Waals surface area contributed by atoms with Gasteiger partial charge in [0.25, 0.3) is 0 Å². The zero-order chi connectivity index (χ0) is 19.0. The van der Waals surface area contributed by atoms with Crippen molar-refractivity contribution < 1.29 is 14.2 Å². The Kier molecular flexibility index (Phi) is 5.00. The molecule has 2 aliphatic rings. The maximum absolute atomic E-state index is 6.72. The minimum atomic E-state index is -0.148. The molecule has 2 saturated heterocycles. The lowest BCUT2D eigenvalue weighted by Crippen LogP contribution is -2.20. The summed E-state index contributed by atoms with van der Waals surface area (Å²) in [6.07, 6.45) is -0.150. The third-order valence-corrected chi connectivity index (χ3v) is 5.14. The molecule has 4 unspecified atom stereocenters. The van der Waals surface area contributed by atoms with Crippen molar-refractivity contribution in [3.63, 3.8) is 0 Å². The summed E-state index contributed by atoms with van der Waals surface area (Å²) in [5.74, 6) is 0. The van der Waals surface area contributed by atoms with Gasteiger partial charge < -0.3 is 14.2 Å². The van der Waals surface area contributed by atoms with Crippen LogP contribution in [0.2, 0.25) is 0 Å². The minimum Gasteiger partial charge on any atom is -0.370 e. The normalized spacial score (nSPS) is 22.7. The van der Waals surface area contributed by atoms with Gasteiger partial charge in [0.1, 0.15) is 24.4 Å². The summed E-state index contributed by atoms with van der Waals surface area (Å²) in [7, 11) is 0. The maximum atomic E-state index is 6.72. The lowest BCUT2D eigenvalue weighted by atomic mass is 9.94. The van der Waals surface area contributed by atoms with E-state index in [4.69, 9.17) is 14.2 Å². The third kappa shape index (κ3) is 3.91. The van der Waals surface area contributed by atoms with Crippen LogP contribution in [0.1, 0.15) is 48.3 Å². The summed E-state index contributed by atoms with van der Waals surface area (Å²) in [5, 5.41) is 0. The van der Waals surface area contributed by atoms with Gasteiger partial charge in [-0.3, -0.25) is 0 Å². The van der Waals surface area contributed by atoms with Crippen LogP contribution >= 0.6 is 0 Å². The first-order chi connectivity index (χ1) is 13.1. The van der Waals surface area contributed by atoms with Crippen molar-refractivity contribution in [2.45, 2.75) is 38.3 Å². The molecule has 2 aromatic rings. The van der Waals surface area contributed by atoms with Crippen molar-refractivity contribution in [2.75, 3.05) is 13.2 Å². The Bertz CT molecular complexity index is 790. The fraction of sp³-hybridized carbons (Fsp3) is 0.333. The number of epoxide rings is 2. The van der Waals surface area contributed by atoms with Crippen LogP contribution in [0.4, 0.5) is 0 Å². The van der Waals surface area contributed by atoms with Crippen LogP contribution < -0.4 is 0 Å². The van der Waals surface area contributed by atoms with Crippen LogP contribution in [0.5, 0.6) is 0 Å². The first-order valence-corrected chi connectivity index (χ1v) is 9.44. The highest BCUT2D eigenvalue weighted by Gasteiger charge is 2.43. The van der Waals surface area contributed by atoms with Crippen molar-refractivity contribution in [1.82, 2.24) is 0 Å². The lowest BCUT2D eigenvalue weighted by molar-refractivity contribution is -0.0421. The largest absolute Gasteiger partial charge is 0.370 e. The Morgan fingerprint density at radius 1 is 0.815 bits per heavy atom. The average molecular weight is 362 g/mol. The molecular formula is C24H26O3. The smallest absolute Gasteiger partial charge is 0.112 e. The molecule has 0 spiro atoms. The van der Waals surface area contributed by atoms with Crippen LogP contribution in [0, 0.1) is 0 Å². The average Bonchev–Trinajstić information content (AvgIpc) is 3.55. The monoisotopic (exact) mass is 362 g/mol. The van der Waals surface area contributed by atoms with E-state index in [9.17, 15) is 0 Å². The molecule has 0 amide bonds. The molecule has 0 saturated carbocycles. The second-order valence-electron chi connectivity index (χ2n) is 7.46. The highest BCUT2D eigenvalue weighted by Crippen LogP contribution is 2.43. The standard InChI is InChI=1S/C24H26O3/c1-15(2)17-9-5-7-11-19(17)23(21-13-25-21)27-24(22-14-26-22)20-12-8-6-10-18(20)16(3)4/h5-12,21-24H,1,3,13-14H2,2,4H3. The molecule has 3 heteroatoms. The number of hydrogen-bond acceptors (Lipinski definition) is 3. The van der Waals surface area contributed by atoms with E-state index in [1.807, 2.05) is 38.1 Å². The predicted octanol–water partition coefficient (Wildman–Crippen LogP) is 5.35. The zero-order valence-corrected chi connectivity index (χ0v) is 16.0. The van der Waals surface area contributed by atoms with E-state index >= 15 is 0 Å². The highest BCUT2D eigenvalue weighted by molar-refractivity contribution is 5.66. The quantitative estimate of drug-likeness (QED) is 0.594. The zero-order valence-electron chi connectivity index (χ0n) is 16.0. The van der Waals surface area contributed by atoms with Crippen LogP contribution in [0.3, 0.4) is 0 Å². The Balaban J connectivity index is 1.71. The molecule has 140 valence electrons. The second-order valence-corrected chi connectivity index (χ2v) is 7.46. The van der Waals surface area contributed by atoms with E-state index in [0.29, 0.717) is 0 Å². The second kappa shape index (κ2) is 7.43. The van der Waals surface area contributed by atoms with Gasteiger partial charge in [-0.1, -0.05) is 72.8 Å². The maximum Gasteiger partial charge on any atom is 0.112 e. The van der Waals surface area contributed by atoms with Crippen molar-refractivity contribution in [1.29, 1.82) is 0 Å². The molecule has 4 rings (SSSR count). The molecule has 0 aliphatic carbocycles. The highest BCUT2D eigenvalue weighted by atomic mass is 16.6. The van der Waals surface area contributed by atoms with Gasteiger partial charge in [-0.25, -0.2) is 0 Å². The first kappa shape index (κ1) is 18.2. The number of allylic oxidation sites excluding steroid dienone is 2. The van der Waals surface area contributed by atoms with Crippen molar-refractivity contribution in [2.24, 2.45) is 0 Å². The van der Waals surface area contributed by atoms with Gasteiger partial charge >= 0.3 is 0 Å².